The molecule has 0 spiro atoms. The molecular formula is C27H31ClN4O3. The number of carbonyl (C=O) groups excluding carboxylic acids is 1. The van der Waals surface area contributed by atoms with E-state index < -0.39 is 12.0 Å². The number of nitrogens with one attached hydrogen (secondary N) is 1. The van der Waals surface area contributed by atoms with Crippen LogP contribution < -0.4 is 4.42 Å². The molecule has 5 rings (SSSR count). The monoisotopic (exact) mass is 494 g/mol. The number of piperidine rings is 2. The predicted molar refractivity (Wildman–Crippen MR) is 138 cm³/mol. The average Bonchev–Trinajstić information content (AvgIpc) is 3.33. The number of hydrogen-bond donors (Lipinski definition) is 2. The molecule has 7 nitrogen and oxygen atoms in total. The largest absolute Gasteiger partial charge is 0.480 e. The number of H-pyrrole nitrogens is 1. The zero-order chi connectivity index (χ0) is 24.4. The van der Waals surface area contributed by atoms with Crippen molar-refractivity contribution >= 4 is 40.4 Å². The first-order valence-electron chi connectivity index (χ1n) is 12.4. The molecule has 0 bridgehead atoms. The van der Waals surface area contributed by atoms with Crippen LogP contribution in [0, 0.1) is 5.92 Å². The third kappa shape index (κ3) is 4.88. The topological polar surface area (TPSA) is 79.9 Å². The van der Waals surface area contributed by atoms with E-state index in [4.69, 9.17) is 11.8 Å². The summed E-state index contributed by atoms with van der Waals surface area (Å²) in [5.41, 5.74) is 3.11. The van der Waals surface area contributed by atoms with Crippen LogP contribution in [0.15, 0.2) is 60.8 Å². The van der Waals surface area contributed by atoms with Gasteiger partial charge in [0.05, 0.1) is 5.69 Å². The first-order chi connectivity index (χ1) is 17.0. The van der Waals surface area contributed by atoms with Crippen LogP contribution in [0.2, 0.25) is 0 Å². The highest BCUT2D eigenvalue weighted by Crippen LogP contribution is 2.35. The minimum atomic E-state index is -0.761. The Morgan fingerprint density at radius 2 is 1.60 bits per heavy atom. The highest BCUT2D eigenvalue weighted by Gasteiger charge is 2.39. The Morgan fingerprint density at radius 3 is 2.29 bits per heavy atom. The number of carboxylic acid groups (broad SMARTS) is 1. The average molecular weight is 495 g/mol. The van der Waals surface area contributed by atoms with Gasteiger partial charge in [-0.05, 0) is 74.4 Å². The molecule has 1 unspecified atom stereocenters. The van der Waals surface area contributed by atoms with E-state index in [0.717, 1.165) is 35.9 Å². The van der Waals surface area contributed by atoms with Crippen LogP contribution in [0.3, 0.4) is 0 Å². The second kappa shape index (κ2) is 10.3. The fourth-order valence-corrected chi connectivity index (χ4v) is 6.00. The number of hydrogen-bond acceptors (Lipinski definition) is 3. The summed E-state index contributed by atoms with van der Waals surface area (Å²) in [5.74, 6) is -0.311. The molecular weight excluding hydrogens is 464 g/mol. The van der Waals surface area contributed by atoms with E-state index >= 15 is 0 Å². The normalized spacial score (nSPS) is 19.1. The second-order valence-corrected chi connectivity index (χ2v) is 9.94. The maximum atomic E-state index is 12.8. The lowest BCUT2D eigenvalue weighted by Gasteiger charge is -2.42. The molecule has 2 aliphatic rings. The number of carbonyl (C=O) groups is 2. The molecule has 0 saturated carbocycles. The lowest BCUT2D eigenvalue weighted by atomic mass is 9.84. The van der Waals surface area contributed by atoms with Crippen molar-refractivity contribution in [3.63, 3.8) is 0 Å². The fourth-order valence-electron chi connectivity index (χ4n) is 5.78. The van der Waals surface area contributed by atoms with Gasteiger partial charge in [0.25, 0.3) is 0 Å². The van der Waals surface area contributed by atoms with Crippen LogP contribution in [-0.4, -0.2) is 64.1 Å². The van der Waals surface area contributed by atoms with E-state index in [2.05, 4.69) is 34.3 Å². The van der Waals surface area contributed by atoms with Gasteiger partial charge >= 0.3 is 12.0 Å². The summed E-state index contributed by atoms with van der Waals surface area (Å²) in [5, 5.41) is 11.4. The van der Waals surface area contributed by atoms with Crippen LogP contribution in [0.5, 0.6) is 0 Å². The summed E-state index contributed by atoms with van der Waals surface area (Å²) in [6.45, 7) is 2.55. The summed E-state index contributed by atoms with van der Waals surface area (Å²) in [6, 6.07) is 16.7. The van der Waals surface area contributed by atoms with Crippen molar-refractivity contribution in [3.8, 4) is 0 Å². The Kier molecular flexibility index (Phi) is 6.97. The molecule has 0 radical (unpaired) electrons. The number of para-hydroxylation sites is 2. The van der Waals surface area contributed by atoms with Crippen LogP contribution in [0.1, 0.15) is 37.2 Å². The van der Waals surface area contributed by atoms with Gasteiger partial charge in [0.2, 0.25) is 0 Å². The van der Waals surface area contributed by atoms with Crippen LogP contribution >= 0.6 is 11.8 Å². The smallest absolute Gasteiger partial charge is 0.339 e. The Balaban J connectivity index is 1.19. The van der Waals surface area contributed by atoms with E-state index in [1.807, 2.05) is 24.3 Å². The van der Waals surface area contributed by atoms with Gasteiger partial charge in [-0.3, -0.25) is 9.69 Å². The van der Waals surface area contributed by atoms with E-state index in [1.54, 1.807) is 17.0 Å². The van der Waals surface area contributed by atoms with Crippen molar-refractivity contribution in [1.29, 1.82) is 0 Å². The van der Waals surface area contributed by atoms with Crippen molar-refractivity contribution in [1.82, 2.24) is 14.8 Å². The number of fused-ring (bicyclic) bond motifs is 1. The number of aliphatic carboxylic acids is 1. The number of nitrogens with zero attached hydrogens (tertiary/aromatic N) is 3. The van der Waals surface area contributed by atoms with Gasteiger partial charge in [-0.1, -0.05) is 36.4 Å². The maximum absolute atomic E-state index is 12.8. The highest BCUT2D eigenvalue weighted by atomic mass is 35.5. The van der Waals surface area contributed by atoms with Crippen molar-refractivity contribution in [2.75, 3.05) is 30.6 Å². The number of aromatic amines is 1. The van der Waals surface area contributed by atoms with Crippen molar-refractivity contribution in [2.24, 2.45) is 5.92 Å². The maximum Gasteiger partial charge on any atom is 0.339 e. The van der Waals surface area contributed by atoms with Crippen LogP contribution in [-0.2, 0) is 4.79 Å². The SMILES string of the molecule is O=C(O)C(C1CCN(C(=O)N(Cl)c2ccccc2)CC1)N1CCC(c2c[nH]c3ccccc23)CC1. The molecule has 2 saturated heterocycles. The molecule has 2 N–H and O–H groups in total. The number of urea groups is 1. The van der Waals surface area contributed by atoms with Gasteiger partial charge in [-0.25, -0.2) is 9.21 Å². The van der Waals surface area contributed by atoms with Crippen molar-refractivity contribution in [2.45, 2.75) is 37.6 Å². The molecule has 2 aromatic carbocycles. The Morgan fingerprint density at radius 1 is 0.943 bits per heavy atom. The minimum absolute atomic E-state index is 0.0155. The number of aromatic nitrogens is 1. The van der Waals surface area contributed by atoms with Gasteiger partial charge in [0.15, 0.2) is 0 Å². The van der Waals surface area contributed by atoms with E-state index in [0.29, 0.717) is 37.5 Å². The van der Waals surface area contributed by atoms with Gasteiger partial charge in [-0.2, -0.15) is 0 Å². The van der Waals surface area contributed by atoms with Gasteiger partial charge < -0.3 is 15.0 Å². The third-order valence-electron chi connectivity index (χ3n) is 7.64. The number of benzene rings is 2. The molecule has 3 aromatic rings. The Bertz CT molecular complexity index is 1170. The van der Waals surface area contributed by atoms with Crippen molar-refractivity contribution < 1.29 is 14.7 Å². The lowest BCUT2D eigenvalue weighted by molar-refractivity contribution is -0.147. The van der Waals surface area contributed by atoms with Crippen molar-refractivity contribution in [3.05, 3.63) is 66.4 Å². The van der Waals surface area contributed by atoms with Gasteiger partial charge in [0, 0.05) is 42.0 Å². The summed E-state index contributed by atoms with van der Waals surface area (Å²) in [6.07, 6.45) is 5.32. The predicted octanol–water partition coefficient (Wildman–Crippen LogP) is 5.29. The van der Waals surface area contributed by atoms with E-state index in [9.17, 15) is 14.7 Å². The first-order valence-corrected chi connectivity index (χ1v) is 12.7. The Hall–Kier alpha value is -3.03. The summed E-state index contributed by atoms with van der Waals surface area (Å²) in [7, 11) is 0. The molecule has 184 valence electrons. The van der Waals surface area contributed by atoms with Gasteiger partial charge in [0.1, 0.15) is 6.04 Å². The molecule has 2 aliphatic heterocycles. The third-order valence-corrected chi connectivity index (χ3v) is 7.98. The number of carboxylic acids is 1. The number of rotatable bonds is 5. The summed E-state index contributed by atoms with van der Waals surface area (Å²) >= 11 is 6.29. The first kappa shape index (κ1) is 23.7. The van der Waals surface area contributed by atoms with E-state index in [-0.39, 0.29) is 11.9 Å². The number of anilines is 1. The lowest BCUT2D eigenvalue weighted by Crippen LogP contribution is -2.53. The van der Waals surface area contributed by atoms with E-state index in [1.165, 1.54) is 10.9 Å². The molecule has 35 heavy (non-hydrogen) atoms. The summed E-state index contributed by atoms with van der Waals surface area (Å²) < 4.78 is 1.14. The Labute approximate surface area is 210 Å². The molecule has 8 heteroatoms. The van der Waals surface area contributed by atoms with Gasteiger partial charge in [-0.15, -0.1) is 0 Å². The zero-order valence-electron chi connectivity index (χ0n) is 19.6. The molecule has 3 heterocycles. The summed E-state index contributed by atoms with van der Waals surface area (Å²) in [4.78, 5) is 32.4. The quantitative estimate of drug-likeness (QED) is 0.472. The molecule has 1 aromatic heterocycles. The molecule has 1 atom stereocenters. The number of amides is 2. The van der Waals surface area contributed by atoms with Crippen LogP contribution in [0.4, 0.5) is 10.5 Å². The fraction of sp³-hybridized carbons (Fsp3) is 0.407. The zero-order valence-corrected chi connectivity index (χ0v) is 20.4. The molecule has 2 amide bonds. The second-order valence-electron chi connectivity index (χ2n) is 9.61. The minimum Gasteiger partial charge on any atom is -0.480 e. The van der Waals surface area contributed by atoms with Crippen LogP contribution in [0.25, 0.3) is 10.9 Å². The number of likely N-dealkylation sites (tertiary alicyclic amines) is 2. The molecule has 0 aliphatic carbocycles. The number of halogens is 1. The highest BCUT2D eigenvalue weighted by molar-refractivity contribution is 6.36. The standard InChI is InChI=1S/C27H31ClN4O3/c28-32(21-6-2-1-3-7-21)27(35)31-16-12-20(13-17-31)25(26(33)34)30-14-10-19(11-15-30)23-18-29-24-9-5-4-8-22(23)24/h1-9,18-20,25,29H,10-17H2,(H,33,34). The molecule has 2 fully saturated rings.